The zero-order valence-corrected chi connectivity index (χ0v) is 14.9. The van der Waals surface area contributed by atoms with Crippen LogP contribution in [0.4, 0.5) is 11.4 Å². The van der Waals surface area contributed by atoms with Gasteiger partial charge in [-0.1, -0.05) is 12.1 Å². The highest BCUT2D eigenvalue weighted by Gasteiger charge is 2.15. The molecule has 0 aliphatic rings. The van der Waals surface area contributed by atoms with Gasteiger partial charge in [0.2, 0.25) is 0 Å². The van der Waals surface area contributed by atoms with Crippen molar-refractivity contribution in [2.24, 2.45) is 0 Å². The predicted octanol–water partition coefficient (Wildman–Crippen LogP) is 3.62. The number of hydrogen-bond acceptors (Lipinski definition) is 4. The fourth-order valence-corrected chi connectivity index (χ4v) is 3.53. The second kappa shape index (κ2) is 6.94. The number of nitrogens with one attached hydrogen (secondary N) is 1. The molecule has 1 N–H and O–H groups in total. The van der Waals surface area contributed by atoms with E-state index in [9.17, 15) is 8.42 Å². The van der Waals surface area contributed by atoms with Crippen molar-refractivity contribution in [2.75, 3.05) is 23.7 Å². The lowest BCUT2D eigenvalue weighted by molar-refractivity contribution is 0.601. The second-order valence-electron chi connectivity index (χ2n) is 5.81. The maximum Gasteiger partial charge on any atom is 0.261 e. The molecule has 0 aliphatic carbocycles. The van der Waals surface area contributed by atoms with E-state index in [1.165, 1.54) is 0 Å². The molecule has 0 fully saturated rings. The third-order valence-corrected chi connectivity index (χ3v) is 5.17. The normalized spacial score (nSPS) is 11.1. The van der Waals surface area contributed by atoms with Gasteiger partial charge in [-0.25, -0.2) is 8.42 Å². The van der Waals surface area contributed by atoms with Gasteiger partial charge in [-0.15, -0.1) is 0 Å². The molecule has 1 aromatic heterocycles. The summed E-state index contributed by atoms with van der Waals surface area (Å²) in [6, 6.07) is 17.8. The van der Waals surface area contributed by atoms with E-state index in [2.05, 4.69) is 9.71 Å². The van der Waals surface area contributed by atoms with Gasteiger partial charge in [-0.05, 0) is 59.7 Å². The molecular formula is C19H19N3O2S. The summed E-state index contributed by atoms with van der Waals surface area (Å²) < 4.78 is 28.0. The Hall–Kier alpha value is -2.86. The van der Waals surface area contributed by atoms with Crippen LogP contribution in [0.25, 0.3) is 11.1 Å². The quantitative estimate of drug-likeness (QED) is 0.761. The highest BCUT2D eigenvalue weighted by Crippen LogP contribution is 2.24. The zero-order valence-electron chi connectivity index (χ0n) is 14.0. The first kappa shape index (κ1) is 17.0. The third kappa shape index (κ3) is 3.97. The first-order valence-corrected chi connectivity index (χ1v) is 9.25. The van der Waals surface area contributed by atoms with Crippen LogP contribution < -0.4 is 9.62 Å². The summed E-state index contributed by atoms with van der Waals surface area (Å²) in [6.07, 6.45) is 3.36. The van der Waals surface area contributed by atoms with Crippen molar-refractivity contribution in [1.29, 1.82) is 0 Å². The fraction of sp³-hybridized carbons (Fsp3) is 0.105. The molecule has 0 atom stereocenters. The number of hydrogen-bond donors (Lipinski definition) is 1. The van der Waals surface area contributed by atoms with E-state index in [1.54, 1.807) is 42.7 Å². The summed E-state index contributed by atoms with van der Waals surface area (Å²) in [5, 5.41) is 0. The van der Waals surface area contributed by atoms with Crippen molar-refractivity contribution in [3.05, 3.63) is 73.1 Å². The Kier molecular flexibility index (Phi) is 4.72. The standard InChI is InChI=1S/C19H19N3O2S/c1-22(2)18-8-6-17(7-9-18)21-25(23,24)19-5-3-4-16(14-19)15-10-12-20-13-11-15/h3-14,21H,1-2H3. The molecule has 1 heterocycles. The van der Waals surface area contributed by atoms with Crippen LogP contribution in [-0.4, -0.2) is 27.5 Å². The van der Waals surface area contributed by atoms with Gasteiger partial charge in [-0.3, -0.25) is 9.71 Å². The van der Waals surface area contributed by atoms with Crippen molar-refractivity contribution in [3.8, 4) is 11.1 Å². The van der Waals surface area contributed by atoms with Crippen molar-refractivity contribution in [1.82, 2.24) is 4.98 Å². The lowest BCUT2D eigenvalue weighted by atomic mass is 10.1. The number of anilines is 2. The Morgan fingerprint density at radius 3 is 2.20 bits per heavy atom. The van der Waals surface area contributed by atoms with Crippen LogP contribution in [0.2, 0.25) is 0 Å². The minimum absolute atomic E-state index is 0.221. The second-order valence-corrected chi connectivity index (χ2v) is 7.49. The van der Waals surface area contributed by atoms with Crippen LogP contribution in [-0.2, 0) is 10.0 Å². The molecule has 0 bridgehead atoms. The number of sulfonamides is 1. The van der Waals surface area contributed by atoms with Crippen LogP contribution in [0.3, 0.4) is 0 Å². The Bertz CT molecular complexity index is 953. The van der Waals surface area contributed by atoms with Gasteiger partial charge in [0.1, 0.15) is 0 Å². The number of pyridine rings is 1. The predicted molar refractivity (Wildman–Crippen MR) is 101 cm³/mol. The smallest absolute Gasteiger partial charge is 0.261 e. The van der Waals surface area contributed by atoms with Gasteiger partial charge in [0.15, 0.2) is 0 Å². The van der Waals surface area contributed by atoms with Crippen molar-refractivity contribution in [3.63, 3.8) is 0 Å². The molecule has 0 saturated heterocycles. The summed E-state index contributed by atoms with van der Waals surface area (Å²) in [4.78, 5) is 6.16. The van der Waals surface area contributed by atoms with Crippen LogP contribution in [0, 0.1) is 0 Å². The SMILES string of the molecule is CN(C)c1ccc(NS(=O)(=O)c2cccc(-c3ccncc3)c2)cc1. The van der Waals surface area contributed by atoms with Crippen molar-refractivity contribution >= 4 is 21.4 Å². The summed E-state index contributed by atoms with van der Waals surface area (Å²) in [6.45, 7) is 0. The lowest BCUT2D eigenvalue weighted by Gasteiger charge is -2.14. The highest BCUT2D eigenvalue weighted by atomic mass is 32.2. The average molecular weight is 353 g/mol. The number of benzene rings is 2. The molecule has 3 rings (SSSR count). The van der Waals surface area contributed by atoms with E-state index in [-0.39, 0.29) is 4.90 Å². The maximum atomic E-state index is 12.7. The van der Waals surface area contributed by atoms with E-state index in [0.29, 0.717) is 5.69 Å². The van der Waals surface area contributed by atoms with Crippen LogP contribution in [0.5, 0.6) is 0 Å². The van der Waals surface area contributed by atoms with Crippen LogP contribution in [0.15, 0.2) is 78.0 Å². The maximum absolute atomic E-state index is 12.7. The Labute approximate surface area is 148 Å². The van der Waals surface area contributed by atoms with Crippen molar-refractivity contribution < 1.29 is 8.42 Å². The molecule has 0 spiro atoms. The minimum Gasteiger partial charge on any atom is -0.378 e. The van der Waals surface area contributed by atoms with Gasteiger partial charge >= 0.3 is 0 Å². The molecule has 0 unspecified atom stereocenters. The molecular weight excluding hydrogens is 334 g/mol. The van der Waals surface area contributed by atoms with E-state index in [4.69, 9.17) is 0 Å². The lowest BCUT2D eigenvalue weighted by Crippen LogP contribution is -2.13. The zero-order chi connectivity index (χ0) is 17.9. The Balaban J connectivity index is 1.87. The fourth-order valence-electron chi connectivity index (χ4n) is 2.43. The monoisotopic (exact) mass is 353 g/mol. The van der Waals surface area contributed by atoms with E-state index in [1.807, 2.05) is 49.3 Å². The number of rotatable bonds is 5. The van der Waals surface area contributed by atoms with Gasteiger partial charge in [0, 0.05) is 37.9 Å². The average Bonchev–Trinajstić information content (AvgIpc) is 2.63. The summed E-state index contributed by atoms with van der Waals surface area (Å²) in [7, 11) is 0.212. The largest absolute Gasteiger partial charge is 0.378 e. The Morgan fingerprint density at radius 2 is 1.56 bits per heavy atom. The molecule has 0 amide bonds. The topological polar surface area (TPSA) is 62.3 Å². The third-order valence-electron chi connectivity index (χ3n) is 3.79. The van der Waals surface area contributed by atoms with Gasteiger partial charge in [0.05, 0.1) is 4.90 Å². The molecule has 0 radical (unpaired) electrons. The molecule has 5 nitrogen and oxygen atoms in total. The molecule has 25 heavy (non-hydrogen) atoms. The van der Waals surface area contributed by atoms with Crippen LogP contribution in [0.1, 0.15) is 0 Å². The summed E-state index contributed by atoms with van der Waals surface area (Å²) >= 11 is 0. The summed E-state index contributed by atoms with van der Waals surface area (Å²) in [5.41, 5.74) is 3.28. The highest BCUT2D eigenvalue weighted by molar-refractivity contribution is 7.92. The van der Waals surface area contributed by atoms with Crippen LogP contribution >= 0.6 is 0 Å². The number of nitrogens with zero attached hydrogens (tertiary/aromatic N) is 2. The van der Waals surface area contributed by atoms with E-state index < -0.39 is 10.0 Å². The summed E-state index contributed by atoms with van der Waals surface area (Å²) in [5.74, 6) is 0. The van der Waals surface area contributed by atoms with Gasteiger partial charge < -0.3 is 4.90 Å². The van der Waals surface area contributed by atoms with E-state index in [0.717, 1.165) is 16.8 Å². The van der Waals surface area contributed by atoms with E-state index >= 15 is 0 Å². The molecule has 0 saturated carbocycles. The van der Waals surface area contributed by atoms with Gasteiger partial charge in [-0.2, -0.15) is 0 Å². The molecule has 6 heteroatoms. The Morgan fingerprint density at radius 1 is 0.880 bits per heavy atom. The molecule has 0 aliphatic heterocycles. The molecule has 128 valence electrons. The molecule has 2 aromatic carbocycles. The first-order chi connectivity index (χ1) is 12.0. The number of aromatic nitrogens is 1. The first-order valence-electron chi connectivity index (χ1n) is 7.76. The minimum atomic E-state index is -3.66. The molecule has 3 aromatic rings. The van der Waals surface area contributed by atoms with Gasteiger partial charge in [0.25, 0.3) is 10.0 Å². The van der Waals surface area contributed by atoms with Crippen molar-refractivity contribution in [2.45, 2.75) is 4.90 Å².